The van der Waals surface area contributed by atoms with E-state index in [9.17, 15) is 0 Å². The van der Waals surface area contributed by atoms with E-state index in [4.69, 9.17) is 15.6 Å². The molecule has 6 heteroatoms. The van der Waals surface area contributed by atoms with Crippen LogP contribution in [0, 0.1) is 0 Å². The van der Waals surface area contributed by atoms with E-state index in [0.717, 1.165) is 38.9 Å². The SMILES string of the molecule is ON=Cc1ccc(-c2ccc(C=NO)cc2-c2ccc(C=NO)cc2)cc1. The number of hydrogen-bond donors (Lipinski definition) is 3. The van der Waals surface area contributed by atoms with Crippen molar-refractivity contribution in [3.63, 3.8) is 0 Å². The van der Waals surface area contributed by atoms with Crippen molar-refractivity contribution in [1.29, 1.82) is 0 Å². The Morgan fingerprint density at radius 1 is 0.481 bits per heavy atom. The van der Waals surface area contributed by atoms with Gasteiger partial charge in [0.25, 0.3) is 0 Å². The minimum absolute atomic E-state index is 0.765. The molecular formula is C21H17N3O3. The molecule has 0 radical (unpaired) electrons. The van der Waals surface area contributed by atoms with Crippen LogP contribution in [0.2, 0.25) is 0 Å². The van der Waals surface area contributed by atoms with Crippen molar-refractivity contribution in [2.24, 2.45) is 15.5 Å². The molecule has 0 heterocycles. The van der Waals surface area contributed by atoms with E-state index in [1.54, 1.807) is 0 Å². The number of nitrogens with zero attached hydrogens (tertiary/aromatic N) is 3. The Kier molecular flexibility index (Phi) is 5.59. The highest BCUT2D eigenvalue weighted by molar-refractivity contribution is 5.91. The van der Waals surface area contributed by atoms with Crippen LogP contribution in [0.25, 0.3) is 22.3 Å². The van der Waals surface area contributed by atoms with Crippen LogP contribution in [0.15, 0.2) is 82.2 Å². The van der Waals surface area contributed by atoms with Crippen molar-refractivity contribution in [2.75, 3.05) is 0 Å². The highest BCUT2D eigenvalue weighted by Gasteiger charge is 2.09. The zero-order valence-electron chi connectivity index (χ0n) is 14.3. The van der Waals surface area contributed by atoms with E-state index >= 15 is 0 Å². The third-order valence-electron chi connectivity index (χ3n) is 4.11. The van der Waals surface area contributed by atoms with Crippen LogP contribution in [0.3, 0.4) is 0 Å². The van der Waals surface area contributed by atoms with Gasteiger partial charge in [0, 0.05) is 0 Å². The maximum Gasteiger partial charge on any atom is 0.0734 e. The predicted molar refractivity (Wildman–Crippen MR) is 105 cm³/mol. The van der Waals surface area contributed by atoms with Gasteiger partial charge in [0.1, 0.15) is 0 Å². The van der Waals surface area contributed by atoms with Gasteiger partial charge < -0.3 is 15.6 Å². The van der Waals surface area contributed by atoms with Crippen molar-refractivity contribution >= 4 is 18.6 Å². The van der Waals surface area contributed by atoms with E-state index in [1.165, 1.54) is 18.6 Å². The van der Waals surface area contributed by atoms with Crippen LogP contribution < -0.4 is 0 Å². The molecule has 3 rings (SSSR count). The van der Waals surface area contributed by atoms with Gasteiger partial charge in [0.2, 0.25) is 0 Å². The van der Waals surface area contributed by atoms with Crippen LogP contribution in [-0.4, -0.2) is 34.3 Å². The Hall–Kier alpha value is -3.93. The highest BCUT2D eigenvalue weighted by Crippen LogP contribution is 2.33. The summed E-state index contributed by atoms with van der Waals surface area (Å²) in [5.74, 6) is 0. The van der Waals surface area contributed by atoms with Crippen molar-refractivity contribution in [3.05, 3.63) is 83.4 Å². The smallest absolute Gasteiger partial charge is 0.0734 e. The summed E-state index contributed by atoms with van der Waals surface area (Å²) in [5, 5.41) is 35.3. The molecule has 3 N–H and O–H groups in total. The maximum atomic E-state index is 8.84. The summed E-state index contributed by atoms with van der Waals surface area (Å²) in [5.41, 5.74) is 6.26. The third-order valence-corrected chi connectivity index (χ3v) is 4.11. The molecule has 0 amide bonds. The quantitative estimate of drug-likeness (QED) is 0.357. The van der Waals surface area contributed by atoms with Gasteiger partial charge in [-0.2, -0.15) is 0 Å². The summed E-state index contributed by atoms with van der Waals surface area (Å²) in [4.78, 5) is 0. The molecule has 27 heavy (non-hydrogen) atoms. The van der Waals surface area contributed by atoms with Crippen LogP contribution in [0.4, 0.5) is 0 Å². The molecule has 0 aliphatic carbocycles. The minimum atomic E-state index is 0.765. The number of oxime groups is 3. The molecule has 134 valence electrons. The molecule has 0 bridgehead atoms. The molecule has 0 atom stereocenters. The molecule has 0 fully saturated rings. The van der Waals surface area contributed by atoms with E-state index in [1.807, 2.05) is 66.7 Å². The van der Waals surface area contributed by atoms with Gasteiger partial charge >= 0.3 is 0 Å². The second kappa shape index (κ2) is 8.44. The Balaban J connectivity index is 2.10. The first-order valence-electron chi connectivity index (χ1n) is 8.12. The molecule has 0 aliphatic heterocycles. The summed E-state index contributed by atoms with van der Waals surface area (Å²) >= 11 is 0. The van der Waals surface area contributed by atoms with Crippen LogP contribution >= 0.6 is 0 Å². The molecule has 0 saturated heterocycles. The van der Waals surface area contributed by atoms with Gasteiger partial charge in [-0.1, -0.05) is 76.1 Å². The Morgan fingerprint density at radius 3 is 1.37 bits per heavy atom. The normalized spacial score (nSPS) is 11.7. The van der Waals surface area contributed by atoms with E-state index in [-0.39, 0.29) is 0 Å². The Morgan fingerprint density at radius 2 is 0.889 bits per heavy atom. The monoisotopic (exact) mass is 359 g/mol. The average molecular weight is 359 g/mol. The topological polar surface area (TPSA) is 97.8 Å². The number of benzene rings is 3. The zero-order valence-corrected chi connectivity index (χ0v) is 14.3. The zero-order chi connectivity index (χ0) is 19.1. The molecular weight excluding hydrogens is 342 g/mol. The van der Waals surface area contributed by atoms with Crippen molar-refractivity contribution < 1.29 is 15.6 Å². The van der Waals surface area contributed by atoms with Gasteiger partial charge in [0.15, 0.2) is 0 Å². The molecule has 0 aromatic heterocycles. The van der Waals surface area contributed by atoms with Gasteiger partial charge in [-0.05, 0) is 45.0 Å². The molecule has 0 unspecified atom stereocenters. The second-order valence-corrected chi connectivity index (χ2v) is 5.78. The fraction of sp³-hybridized carbons (Fsp3) is 0. The van der Waals surface area contributed by atoms with E-state index in [2.05, 4.69) is 15.5 Å². The molecule has 6 nitrogen and oxygen atoms in total. The number of rotatable bonds is 5. The standard InChI is InChI=1S/C21H17N3O3/c25-22-12-15-1-6-18(7-2-15)20-10-5-17(14-24-27)11-21(20)19-8-3-16(4-9-19)13-23-26/h1-14,25-27H. The Labute approximate surface area is 156 Å². The van der Waals surface area contributed by atoms with Gasteiger partial charge in [-0.15, -0.1) is 0 Å². The van der Waals surface area contributed by atoms with Crippen molar-refractivity contribution in [3.8, 4) is 22.3 Å². The average Bonchev–Trinajstić information content (AvgIpc) is 2.70. The van der Waals surface area contributed by atoms with Gasteiger partial charge in [0.05, 0.1) is 18.6 Å². The van der Waals surface area contributed by atoms with Crippen LogP contribution in [-0.2, 0) is 0 Å². The lowest BCUT2D eigenvalue weighted by molar-refractivity contribution is 0.321. The molecule has 0 spiro atoms. The summed E-state index contributed by atoms with van der Waals surface area (Å²) in [6, 6.07) is 21.0. The third kappa shape index (κ3) is 4.19. The molecule has 3 aromatic rings. The maximum absolute atomic E-state index is 8.84. The summed E-state index contributed by atoms with van der Waals surface area (Å²) in [6.45, 7) is 0. The van der Waals surface area contributed by atoms with Gasteiger partial charge in [-0.25, -0.2) is 0 Å². The molecule has 0 saturated carbocycles. The summed E-state index contributed by atoms with van der Waals surface area (Å²) in [6.07, 6.45) is 4.11. The fourth-order valence-corrected chi connectivity index (χ4v) is 2.83. The largest absolute Gasteiger partial charge is 0.411 e. The predicted octanol–water partition coefficient (Wildman–Crippen LogP) is 4.44. The van der Waals surface area contributed by atoms with Crippen molar-refractivity contribution in [1.82, 2.24) is 0 Å². The molecule has 3 aromatic carbocycles. The first-order chi connectivity index (χ1) is 13.2. The number of hydrogen-bond acceptors (Lipinski definition) is 6. The van der Waals surface area contributed by atoms with Crippen molar-refractivity contribution in [2.45, 2.75) is 0 Å². The molecule has 0 aliphatic rings. The van der Waals surface area contributed by atoms with Crippen LogP contribution in [0.5, 0.6) is 0 Å². The van der Waals surface area contributed by atoms with Crippen LogP contribution in [0.1, 0.15) is 16.7 Å². The lowest BCUT2D eigenvalue weighted by Crippen LogP contribution is -1.91. The van der Waals surface area contributed by atoms with E-state index < -0.39 is 0 Å². The first-order valence-corrected chi connectivity index (χ1v) is 8.12. The van der Waals surface area contributed by atoms with Gasteiger partial charge in [-0.3, -0.25) is 0 Å². The van der Waals surface area contributed by atoms with E-state index in [0.29, 0.717) is 0 Å². The second-order valence-electron chi connectivity index (χ2n) is 5.78. The lowest BCUT2D eigenvalue weighted by atomic mass is 9.92. The summed E-state index contributed by atoms with van der Waals surface area (Å²) < 4.78 is 0. The minimum Gasteiger partial charge on any atom is -0.411 e. The summed E-state index contributed by atoms with van der Waals surface area (Å²) in [7, 11) is 0. The first kappa shape index (κ1) is 17.9. The lowest BCUT2D eigenvalue weighted by Gasteiger charge is -2.12. The Bertz CT molecular complexity index is 992. The fourth-order valence-electron chi connectivity index (χ4n) is 2.83. The highest BCUT2D eigenvalue weighted by atomic mass is 16.4.